The molecule has 1 N–H and O–H groups in total. The average molecular weight is 417 g/mol. The molecule has 0 bridgehead atoms. The van der Waals surface area contributed by atoms with E-state index in [1.54, 1.807) is 24.3 Å². The van der Waals surface area contributed by atoms with Gasteiger partial charge in [0, 0.05) is 24.0 Å². The third kappa shape index (κ3) is 5.55. The second kappa shape index (κ2) is 10.5. The third-order valence-corrected chi connectivity index (χ3v) is 5.78. The molecule has 1 aromatic carbocycles. The molecule has 1 heterocycles. The van der Waals surface area contributed by atoms with Crippen LogP contribution in [0.2, 0.25) is 0 Å². The number of hydrogen-bond acceptors (Lipinski definition) is 4. The smallest absolute Gasteiger partial charge is 0.262 e. The lowest BCUT2D eigenvalue weighted by molar-refractivity contribution is -0.117. The van der Waals surface area contributed by atoms with E-state index in [1.165, 1.54) is 37.8 Å². The first kappa shape index (κ1) is 22.2. The molecule has 6 heteroatoms. The van der Waals surface area contributed by atoms with Crippen LogP contribution in [0, 0.1) is 36.5 Å². The lowest BCUT2D eigenvalue weighted by Crippen LogP contribution is -2.24. The second-order valence-electron chi connectivity index (χ2n) is 7.93. The Morgan fingerprint density at radius 1 is 1.23 bits per heavy atom. The zero-order chi connectivity index (χ0) is 22.2. The lowest BCUT2D eigenvalue weighted by Gasteiger charge is -2.26. The minimum atomic E-state index is -0.409. The van der Waals surface area contributed by atoms with Crippen LogP contribution < -0.4 is 10.1 Å². The summed E-state index contributed by atoms with van der Waals surface area (Å²) in [4.78, 5) is 12.6. The normalized spacial score (nSPS) is 14.5. The third-order valence-electron chi connectivity index (χ3n) is 5.78. The van der Waals surface area contributed by atoms with Crippen LogP contribution in [0.5, 0.6) is 5.75 Å². The summed E-state index contributed by atoms with van der Waals surface area (Å²) in [6, 6.07) is 13.7. The highest BCUT2D eigenvalue weighted by Gasteiger charge is 2.20. The number of rotatable bonds is 7. The van der Waals surface area contributed by atoms with E-state index in [4.69, 9.17) is 10.00 Å². The van der Waals surface area contributed by atoms with Crippen LogP contribution in [0.3, 0.4) is 0 Å². The van der Waals surface area contributed by atoms with Crippen LogP contribution in [-0.2, 0) is 11.3 Å². The largest absolute Gasteiger partial charge is 0.479 e. The number of hydrogen-bond donors (Lipinski definition) is 1. The number of amides is 1. The van der Waals surface area contributed by atoms with Gasteiger partial charge in [-0.15, -0.1) is 0 Å². The number of nitriles is 2. The molecular formula is C25H28N4O2. The van der Waals surface area contributed by atoms with Gasteiger partial charge in [0.25, 0.3) is 5.91 Å². The van der Waals surface area contributed by atoms with E-state index in [0.717, 1.165) is 16.8 Å². The zero-order valence-corrected chi connectivity index (χ0v) is 18.1. The van der Waals surface area contributed by atoms with Gasteiger partial charge >= 0.3 is 0 Å². The lowest BCUT2D eigenvalue weighted by atomic mass is 9.95. The molecule has 31 heavy (non-hydrogen) atoms. The molecule has 1 fully saturated rings. The van der Waals surface area contributed by atoms with Crippen molar-refractivity contribution in [2.75, 3.05) is 6.61 Å². The summed E-state index contributed by atoms with van der Waals surface area (Å²) in [7, 11) is 0. The molecule has 0 radical (unpaired) electrons. The van der Waals surface area contributed by atoms with Gasteiger partial charge < -0.3 is 14.6 Å². The zero-order valence-electron chi connectivity index (χ0n) is 18.1. The van der Waals surface area contributed by atoms with Crippen molar-refractivity contribution in [2.24, 2.45) is 0 Å². The fourth-order valence-electron chi connectivity index (χ4n) is 4.29. The highest BCUT2D eigenvalue weighted by atomic mass is 16.5. The number of ether oxygens (including phenoxy) is 1. The van der Waals surface area contributed by atoms with Crippen LogP contribution in [0.15, 0.2) is 35.9 Å². The van der Waals surface area contributed by atoms with Crippen LogP contribution in [0.4, 0.5) is 0 Å². The Morgan fingerprint density at radius 2 is 2.00 bits per heavy atom. The fraction of sp³-hybridized carbons (Fsp3) is 0.400. The Morgan fingerprint density at radius 3 is 2.71 bits per heavy atom. The van der Waals surface area contributed by atoms with Crippen molar-refractivity contribution < 1.29 is 9.53 Å². The Hall–Kier alpha value is -3.51. The van der Waals surface area contributed by atoms with Crippen molar-refractivity contribution in [3.05, 3.63) is 58.4 Å². The first-order valence-electron chi connectivity index (χ1n) is 10.7. The number of aryl methyl sites for hydroxylation is 1. The first-order valence-corrected chi connectivity index (χ1v) is 10.7. The molecule has 160 valence electrons. The summed E-state index contributed by atoms with van der Waals surface area (Å²) in [6.45, 7) is 4.39. The van der Waals surface area contributed by atoms with E-state index in [2.05, 4.69) is 29.8 Å². The van der Waals surface area contributed by atoms with Crippen molar-refractivity contribution in [3.8, 4) is 17.9 Å². The Bertz CT molecular complexity index is 1050. The molecule has 3 rings (SSSR count). The predicted molar refractivity (Wildman–Crippen MR) is 119 cm³/mol. The monoisotopic (exact) mass is 416 g/mol. The van der Waals surface area contributed by atoms with Crippen molar-refractivity contribution in [3.63, 3.8) is 0 Å². The molecule has 0 saturated heterocycles. The van der Waals surface area contributed by atoms with E-state index in [1.807, 2.05) is 18.2 Å². The topological polar surface area (TPSA) is 90.8 Å². The van der Waals surface area contributed by atoms with Gasteiger partial charge in [-0.3, -0.25) is 4.79 Å². The van der Waals surface area contributed by atoms with Gasteiger partial charge in [0.1, 0.15) is 23.5 Å². The fourth-order valence-corrected chi connectivity index (χ4v) is 4.29. The number of benzene rings is 1. The summed E-state index contributed by atoms with van der Waals surface area (Å²) in [5, 5.41) is 21.0. The summed E-state index contributed by atoms with van der Waals surface area (Å²) in [5.41, 5.74) is 4.11. The Kier molecular flexibility index (Phi) is 7.51. The SMILES string of the molecule is Cc1cc(/C=C(/C#N)C(=O)NCc2cccc(OCC#N)c2)c(C)n1C1CCCCC1. The van der Waals surface area contributed by atoms with Crippen molar-refractivity contribution >= 4 is 12.0 Å². The van der Waals surface area contributed by atoms with E-state index in [-0.39, 0.29) is 18.7 Å². The molecule has 1 aliphatic carbocycles. The van der Waals surface area contributed by atoms with Crippen LogP contribution in [0.25, 0.3) is 6.08 Å². The number of aromatic nitrogens is 1. The number of carbonyl (C=O) groups excluding carboxylic acids is 1. The molecule has 1 amide bonds. The number of carbonyl (C=O) groups is 1. The molecule has 0 spiro atoms. The average Bonchev–Trinajstić information content (AvgIpc) is 3.07. The van der Waals surface area contributed by atoms with Gasteiger partial charge in [-0.05, 0) is 62.1 Å². The summed E-state index contributed by atoms with van der Waals surface area (Å²) in [5.74, 6) is 0.160. The van der Waals surface area contributed by atoms with Crippen molar-refractivity contribution in [1.29, 1.82) is 10.5 Å². The van der Waals surface area contributed by atoms with Crippen LogP contribution in [0.1, 0.15) is 60.7 Å². The minimum Gasteiger partial charge on any atom is -0.479 e. The molecule has 1 saturated carbocycles. The van der Waals surface area contributed by atoms with Gasteiger partial charge in [0.15, 0.2) is 6.61 Å². The van der Waals surface area contributed by atoms with E-state index >= 15 is 0 Å². The van der Waals surface area contributed by atoms with Gasteiger partial charge in [-0.2, -0.15) is 10.5 Å². The number of nitrogens with zero attached hydrogens (tertiary/aromatic N) is 3. The highest BCUT2D eigenvalue weighted by molar-refractivity contribution is 6.01. The molecule has 0 aliphatic heterocycles. The molecule has 1 aromatic heterocycles. The quantitative estimate of drug-likeness (QED) is 0.521. The molecule has 6 nitrogen and oxygen atoms in total. The van der Waals surface area contributed by atoms with Crippen LogP contribution in [-0.4, -0.2) is 17.1 Å². The second-order valence-corrected chi connectivity index (χ2v) is 7.93. The summed E-state index contributed by atoms with van der Waals surface area (Å²) in [6.07, 6.45) is 7.85. The molecule has 2 aromatic rings. The maximum Gasteiger partial charge on any atom is 0.262 e. The maximum absolute atomic E-state index is 12.6. The molecule has 0 atom stereocenters. The van der Waals surface area contributed by atoms with E-state index < -0.39 is 5.91 Å². The predicted octanol–water partition coefficient (Wildman–Crippen LogP) is 4.74. The first-order chi connectivity index (χ1) is 15.0. The maximum atomic E-state index is 12.6. The summed E-state index contributed by atoms with van der Waals surface area (Å²) < 4.78 is 7.65. The van der Waals surface area contributed by atoms with Crippen LogP contribution >= 0.6 is 0 Å². The van der Waals surface area contributed by atoms with Gasteiger partial charge in [-0.1, -0.05) is 31.4 Å². The Balaban J connectivity index is 1.71. The van der Waals surface area contributed by atoms with Gasteiger partial charge in [0.05, 0.1) is 0 Å². The standard InChI is InChI=1S/C25H28N4O2/c1-18-13-21(19(2)29(18)23-8-4-3-5-9-23)15-22(16-27)25(30)28-17-20-7-6-10-24(14-20)31-12-11-26/h6-7,10,13-15,23H,3-5,8-9,12,17H2,1-2H3,(H,28,30)/b22-15-. The van der Waals surface area contributed by atoms with Gasteiger partial charge in [-0.25, -0.2) is 0 Å². The summed E-state index contributed by atoms with van der Waals surface area (Å²) >= 11 is 0. The van der Waals surface area contributed by atoms with E-state index in [9.17, 15) is 10.1 Å². The van der Waals surface area contributed by atoms with E-state index in [0.29, 0.717) is 11.8 Å². The minimum absolute atomic E-state index is 0.0313. The molecule has 1 aliphatic rings. The van der Waals surface area contributed by atoms with Crippen molar-refractivity contribution in [2.45, 2.75) is 58.5 Å². The van der Waals surface area contributed by atoms with Gasteiger partial charge in [0.2, 0.25) is 0 Å². The highest BCUT2D eigenvalue weighted by Crippen LogP contribution is 2.32. The van der Waals surface area contributed by atoms with Crippen molar-refractivity contribution in [1.82, 2.24) is 9.88 Å². The molecule has 0 unspecified atom stereocenters. The number of nitrogens with one attached hydrogen (secondary N) is 1. The Labute approximate surface area is 183 Å². The molecular weight excluding hydrogens is 388 g/mol.